The molecule has 2 N–H and O–H groups in total. The second kappa shape index (κ2) is 4.82. The van der Waals surface area contributed by atoms with Crippen molar-refractivity contribution in [3.63, 3.8) is 0 Å². The molecule has 1 unspecified atom stereocenters. The highest BCUT2D eigenvalue weighted by molar-refractivity contribution is 5.67. The van der Waals surface area contributed by atoms with E-state index in [9.17, 15) is 4.79 Å². The number of benzene rings is 1. The van der Waals surface area contributed by atoms with Crippen molar-refractivity contribution in [2.75, 3.05) is 0 Å². The van der Waals surface area contributed by atoms with E-state index in [1.165, 1.54) is 0 Å². The molecule has 0 spiro atoms. The van der Waals surface area contributed by atoms with E-state index in [-0.39, 0.29) is 12.3 Å². The molecule has 0 radical (unpaired) electrons. The van der Waals surface area contributed by atoms with E-state index >= 15 is 0 Å². The number of hydrogen-bond donors (Lipinski definition) is 2. The summed E-state index contributed by atoms with van der Waals surface area (Å²) in [6.07, 6.45) is 1.82. The Hall–Kier alpha value is -2.10. The van der Waals surface area contributed by atoms with Crippen LogP contribution in [0.1, 0.15) is 25.1 Å². The maximum absolute atomic E-state index is 10.6. The van der Waals surface area contributed by atoms with Crippen molar-refractivity contribution in [1.82, 2.24) is 9.97 Å². The molecule has 1 aromatic carbocycles. The molecule has 0 saturated carbocycles. The summed E-state index contributed by atoms with van der Waals surface area (Å²) in [5, 5.41) is 8.73. The van der Waals surface area contributed by atoms with Gasteiger partial charge >= 0.3 is 5.97 Å². The first-order chi connectivity index (χ1) is 8.16. The maximum atomic E-state index is 10.6. The van der Waals surface area contributed by atoms with Crippen LogP contribution in [0.2, 0.25) is 0 Å². The van der Waals surface area contributed by atoms with Crippen LogP contribution in [-0.4, -0.2) is 21.0 Å². The number of imidazole rings is 1. The smallest absolute Gasteiger partial charge is 0.304 e. The molecule has 0 saturated heterocycles. The van der Waals surface area contributed by atoms with Gasteiger partial charge in [0.25, 0.3) is 0 Å². The number of carboxylic acids is 1. The monoisotopic (exact) mass is 230 g/mol. The lowest BCUT2D eigenvalue weighted by Crippen LogP contribution is -2.04. The Labute approximate surface area is 99.3 Å². The van der Waals surface area contributed by atoms with E-state index in [1.807, 2.05) is 37.3 Å². The molecule has 0 bridgehead atoms. The first-order valence-electron chi connectivity index (χ1n) is 5.49. The first kappa shape index (κ1) is 11.4. The van der Waals surface area contributed by atoms with Gasteiger partial charge in [0.1, 0.15) is 5.82 Å². The van der Waals surface area contributed by atoms with Gasteiger partial charge < -0.3 is 10.1 Å². The number of hydrogen-bond acceptors (Lipinski definition) is 2. The van der Waals surface area contributed by atoms with Crippen molar-refractivity contribution in [1.29, 1.82) is 0 Å². The lowest BCUT2D eigenvalue weighted by molar-refractivity contribution is -0.137. The molecular weight excluding hydrogens is 216 g/mol. The van der Waals surface area contributed by atoms with Crippen molar-refractivity contribution in [3.05, 3.63) is 42.4 Å². The van der Waals surface area contributed by atoms with Crippen molar-refractivity contribution in [2.24, 2.45) is 0 Å². The lowest BCUT2D eigenvalue weighted by atomic mass is 10.1. The minimum Gasteiger partial charge on any atom is -0.481 e. The van der Waals surface area contributed by atoms with Crippen LogP contribution in [0.4, 0.5) is 0 Å². The van der Waals surface area contributed by atoms with Gasteiger partial charge in [0.15, 0.2) is 0 Å². The van der Waals surface area contributed by atoms with E-state index in [4.69, 9.17) is 5.11 Å². The summed E-state index contributed by atoms with van der Waals surface area (Å²) in [5.74, 6) is -0.202. The average Bonchev–Trinajstić information content (AvgIpc) is 2.78. The predicted octanol–water partition coefficient (Wildman–Crippen LogP) is 2.65. The Bertz CT molecular complexity index is 505. The minimum atomic E-state index is -0.810. The van der Waals surface area contributed by atoms with Crippen molar-refractivity contribution in [3.8, 4) is 11.3 Å². The fourth-order valence-electron chi connectivity index (χ4n) is 1.71. The van der Waals surface area contributed by atoms with Crippen LogP contribution in [0.25, 0.3) is 11.3 Å². The summed E-state index contributed by atoms with van der Waals surface area (Å²) in [7, 11) is 0. The van der Waals surface area contributed by atoms with Gasteiger partial charge in [0.2, 0.25) is 0 Å². The first-order valence-corrected chi connectivity index (χ1v) is 5.49. The van der Waals surface area contributed by atoms with Gasteiger partial charge in [-0.3, -0.25) is 4.79 Å². The van der Waals surface area contributed by atoms with Crippen molar-refractivity contribution >= 4 is 5.97 Å². The van der Waals surface area contributed by atoms with Gasteiger partial charge in [-0.25, -0.2) is 4.98 Å². The minimum absolute atomic E-state index is 0.0851. The highest BCUT2D eigenvalue weighted by Crippen LogP contribution is 2.21. The molecule has 4 heteroatoms. The molecule has 2 rings (SSSR count). The molecule has 1 aromatic heterocycles. The van der Waals surface area contributed by atoms with E-state index in [0.29, 0.717) is 5.82 Å². The molecule has 1 heterocycles. The molecule has 2 aromatic rings. The third-order valence-corrected chi connectivity index (χ3v) is 2.63. The largest absolute Gasteiger partial charge is 0.481 e. The normalized spacial score (nSPS) is 12.3. The van der Waals surface area contributed by atoms with Crippen LogP contribution in [0.3, 0.4) is 0 Å². The van der Waals surface area contributed by atoms with Crippen molar-refractivity contribution in [2.45, 2.75) is 19.3 Å². The quantitative estimate of drug-likeness (QED) is 0.848. The van der Waals surface area contributed by atoms with Gasteiger partial charge in [-0.15, -0.1) is 0 Å². The second-order valence-corrected chi connectivity index (χ2v) is 4.05. The van der Waals surface area contributed by atoms with E-state index in [2.05, 4.69) is 9.97 Å². The Morgan fingerprint density at radius 3 is 2.76 bits per heavy atom. The molecule has 0 aliphatic rings. The molecule has 88 valence electrons. The van der Waals surface area contributed by atoms with E-state index in [1.54, 1.807) is 6.20 Å². The van der Waals surface area contributed by atoms with Crippen LogP contribution in [0.5, 0.6) is 0 Å². The zero-order valence-electron chi connectivity index (χ0n) is 9.55. The molecule has 0 fully saturated rings. The Morgan fingerprint density at radius 2 is 2.12 bits per heavy atom. The maximum Gasteiger partial charge on any atom is 0.304 e. The van der Waals surface area contributed by atoms with Gasteiger partial charge in [-0.2, -0.15) is 0 Å². The van der Waals surface area contributed by atoms with E-state index in [0.717, 1.165) is 11.3 Å². The number of aromatic nitrogens is 2. The summed E-state index contributed by atoms with van der Waals surface area (Å²) >= 11 is 0. The van der Waals surface area contributed by atoms with Gasteiger partial charge in [-0.05, 0) is 5.56 Å². The highest BCUT2D eigenvalue weighted by Gasteiger charge is 2.13. The second-order valence-electron chi connectivity index (χ2n) is 4.05. The molecule has 0 amide bonds. The van der Waals surface area contributed by atoms with Gasteiger partial charge in [0, 0.05) is 5.92 Å². The van der Waals surface area contributed by atoms with Crippen LogP contribution < -0.4 is 0 Å². The van der Waals surface area contributed by atoms with Crippen LogP contribution in [-0.2, 0) is 4.79 Å². The molecule has 1 atom stereocenters. The zero-order chi connectivity index (χ0) is 12.3. The number of carboxylic acid groups (broad SMARTS) is 1. The standard InChI is InChI=1S/C13H14N2O2/c1-9(7-12(16)17)13-14-8-11(15-13)10-5-3-2-4-6-10/h2-6,8-9H,7H2,1H3,(H,14,15)(H,16,17). The molecular formula is C13H14N2O2. The zero-order valence-corrected chi connectivity index (χ0v) is 9.55. The Balaban J connectivity index is 2.19. The molecule has 4 nitrogen and oxygen atoms in total. The number of aliphatic carboxylic acids is 1. The molecule has 17 heavy (non-hydrogen) atoms. The summed E-state index contributed by atoms with van der Waals surface area (Å²) < 4.78 is 0. The summed E-state index contributed by atoms with van der Waals surface area (Å²) in [4.78, 5) is 18.0. The Kier molecular flexibility index (Phi) is 3.23. The number of nitrogens with one attached hydrogen (secondary N) is 1. The summed E-state index contributed by atoms with van der Waals surface area (Å²) in [6.45, 7) is 1.85. The number of rotatable bonds is 4. The molecule has 0 aliphatic carbocycles. The molecule has 0 aliphatic heterocycles. The summed E-state index contributed by atoms with van der Waals surface area (Å²) in [6, 6.07) is 9.83. The fourth-order valence-corrected chi connectivity index (χ4v) is 1.71. The lowest BCUT2D eigenvalue weighted by Gasteiger charge is -2.04. The number of nitrogens with zero attached hydrogens (tertiary/aromatic N) is 1. The summed E-state index contributed by atoms with van der Waals surface area (Å²) in [5.41, 5.74) is 1.96. The van der Waals surface area contributed by atoms with Crippen LogP contribution in [0, 0.1) is 0 Å². The topological polar surface area (TPSA) is 66.0 Å². The number of carbonyl (C=O) groups is 1. The highest BCUT2D eigenvalue weighted by atomic mass is 16.4. The number of H-pyrrole nitrogens is 1. The predicted molar refractivity (Wildman–Crippen MR) is 64.7 cm³/mol. The van der Waals surface area contributed by atoms with E-state index < -0.39 is 5.97 Å². The average molecular weight is 230 g/mol. The fraction of sp³-hybridized carbons (Fsp3) is 0.231. The van der Waals surface area contributed by atoms with Gasteiger partial charge in [0.05, 0.1) is 18.3 Å². The van der Waals surface area contributed by atoms with Crippen LogP contribution >= 0.6 is 0 Å². The van der Waals surface area contributed by atoms with Crippen molar-refractivity contribution < 1.29 is 9.90 Å². The SMILES string of the molecule is CC(CC(=O)O)c1ncc(-c2ccccc2)[nH]1. The number of aromatic amines is 1. The third-order valence-electron chi connectivity index (χ3n) is 2.63. The third kappa shape index (κ3) is 2.72. The van der Waals surface area contributed by atoms with Gasteiger partial charge in [-0.1, -0.05) is 37.3 Å². The Morgan fingerprint density at radius 1 is 1.41 bits per heavy atom. The van der Waals surface area contributed by atoms with Crippen LogP contribution in [0.15, 0.2) is 36.5 Å².